The number of rotatable bonds is 2. The number of aromatic nitrogens is 1. The molecule has 0 aliphatic carbocycles. The lowest BCUT2D eigenvalue weighted by molar-refractivity contribution is 0.102. The first-order chi connectivity index (χ1) is 9.38. The van der Waals surface area contributed by atoms with Crippen LogP contribution in [-0.4, -0.2) is 10.9 Å². The van der Waals surface area contributed by atoms with Crippen LogP contribution in [0.3, 0.4) is 0 Å². The maximum Gasteiger partial charge on any atom is 0.257 e. The van der Waals surface area contributed by atoms with Gasteiger partial charge in [-0.1, -0.05) is 23.2 Å². The van der Waals surface area contributed by atoms with E-state index in [0.29, 0.717) is 11.4 Å². The molecule has 0 radical (unpaired) electrons. The summed E-state index contributed by atoms with van der Waals surface area (Å²) in [6.45, 7) is 1.87. The lowest BCUT2D eigenvalue weighted by Gasteiger charge is -2.09. The fourth-order valence-electron chi connectivity index (χ4n) is 1.60. The molecule has 0 bridgehead atoms. The summed E-state index contributed by atoms with van der Waals surface area (Å²) in [5.41, 5.74) is 7.71. The second kappa shape index (κ2) is 5.99. The van der Waals surface area contributed by atoms with Gasteiger partial charge in [0.2, 0.25) is 0 Å². The third-order valence-electron chi connectivity index (χ3n) is 2.57. The molecule has 0 unspecified atom stereocenters. The van der Waals surface area contributed by atoms with Crippen molar-refractivity contribution in [2.45, 2.75) is 6.92 Å². The number of nitrogens with zero attached hydrogens (tertiary/aromatic N) is 1. The highest BCUT2D eigenvalue weighted by atomic mass is 79.9. The Morgan fingerprint density at radius 1 is 1.35 bits per heavy atom. The van der Waals surface area contributed by atoms with Crippen molar-refractivity contribution < 1.29 is 4.79 Å². The molecule has 7 heteroatoms. The summed E-state index contributed by atoms with van der Waals surface area (Å²) in [6.07, 6.45) is 1.54. The molecular weight excluding hydrogens is 365 g/mol. The predicted octanol–water partition coefficient (Wildman–Crippen LogP) is 4.29. The van der Waals surface area contributed by atoms with E-state index in [1.165, 1.54) is 18.3 Å². The van der Waals surface area contributed by atoms with E-state index >= 15 is 0 Å². The Kier molecular flexibility index (Phi) is 4.52. The summed E-state index contributed by atoms with van der Waals surface area (Å²) in [4.78, 5) is 16.3. The molecule has 1 amide bonds. The second-order valence-corrected chi connectivity index (χ2v) is 5.69. The lowest BCUT2D eigenvalue weighted by Crippen LogP contribution is -2.13. The van der Waals surface area contributed by atoms with E-state index in [1.807, 2.05) is 6.92 Å². The van der Waals surface area contributed by atoms with Crippen LogP contribution in [-0.2, 0) is 0 Å². The smallest absolute Gasteiger partial charge is 0.257 e. The van der Waals surface area contributed by atoms with Gasteiger partial charge in [0.15, 0.2) is 0 Å². The van der Waals surface area contributed by atoms with Crippen molar-refractivity contribution >= 4 is 56.4 Å². The van der Waals surface area contributed by atoms with Crippen LogP contribution in [0.5, 0.6) is 0 Å². The Bertz CT molecular complexity index is 692. The van der Waals surface area contributed by atoms with E-state index in [9.17, 15) is 4.79 Å². The number of halogens is 3. The minimum Gasteiger partial charge on any atom is -0.399 e. The van der Waals surface area contributed by atoms with Crippen molar-refractivity contribution in [3.05, 3.63) is 50.2 Å². The third kappa shape index (κ3) is 3.23. The minimum atomic E-state index is -0.396. The molecule has 0 saturated carbocycles. The highest BCUT2D eigenvalue weighted by molar-refractivity contribution is 9.10. The molecule has 1 heterocycles. The Hall–Kier alpha value is -1.30. The first kappa shape index (κ1) is 15.1. The van der Waals surface area contributed by atoms with E-state index in [0.717, 1.165) is 10.2 Å². The van der Waals surface area contributed by atoms with Gasteiger partial charge in [0.25, 0.3) is 5.91 Å². The molecule has 0 saturated heterocycles. The number of carbonyl (C=O) groups is 1. The number of nitrogens with one attached hydrogen (secondary N) is 1. The number of anilines is 2. The van der Waals surface area contributed by atoms with Gasteiger partial charge in [-0.3, -0.25) is 4.79 Å². The molecule has 0 spiro atoms. The summed E-state index contributed by atoms with van der Waals surface area (Å²) in [5.74, 6) is -0.396. The number of hydrogen-bond acceptors (Lipinski definition) is 3. The largest absolute Gasteiger partial charge is 0.399 e. The van der Waals surface area contributed by atoms with Crippen molar-refractivity contribution in [1.82, 2.24) is 4.98 Å². The van der Waals surface area contributed by atoms with Gasteiger partial charge < -0.3 is 11.1 Å². The van der Waals surface area contributed by atoms with Crippen LogP contribution in [0.2, 0.25) is 10.0 Å². The summed E-state index contributed by atoms with van der Waals surface area (Å²) < 4.78 is 0.723. The van der Waals surface area contributed by atoms with Gasteiger partial charge in [-0.25, -0.2) is 4.98 Å². The molecular formula is C13H10BrCl2N3O. The summed E-state index contributed by atoms with van der Waals surface area (Å²) in [7, 11) is 0. The average Bonchev–Trinajstić information content (AvgIpc) is 2.38. The second-order valence-electron chi connectivity index (χ2n) is 4.15. The molecule has 3 N–H and O–H groups in total. The van der Waals surface area contributed by atoms with Crippen LogP contribution in [0.15, 0.2) is 29.0 Å². The van der Waals surface area contributed by atoms with Gasteiger partial charge in [-0.05, 0) is 46.6 Å². The van der Waals surface area contributed by atoms with Crippen molar-refractivity contribution in [3.8, 4) is 0 Å². The molecule has 1 aromatic heterocycles. The van der Waals surface area contributed by atoms with Crippen molar-refractivity contribution in [1.29, 1.82) is 0 Å². The average molecular weight is 375 g/mol. The summed E-state index contributed by atoms with van der Waals surface area (Å²) in [6, 6.07) is 4.76. The van der Waals surface area contributed by atoms with Crippen LogP contribution in [0.4, 0.5) is 11.4 Å². The number of pyridine rings is 1. The zero-order chi connectivity index (χ0) is 14.9. The maximum atomic E-state index is 12.2. The topological polar surface area (TPSA) is 68.0 Å². The van der Waals surface area contributed by atoms with E-state index in [4.69, 9.17) is 28.9 Å². The zero-order valence-electron chi connectivity index (χ0n) is 10.4. The van der Waals surface area contributed by atoms with Gasteiger partial charge in [0.05, 0.1) is 27.5 Å². The maximum absolute atomic E-state index is 12.2. The molecule has 0 aliphatic heterocycles. The lowest BCUT2D eigenvalue weighted by atomic mass is 10.2. The minimum absolute atomic E-state index is 0.167. The predicted molar refractivity (Wildman–Crippen MR) is 85.5 cm³/mol. The molecule has 104 valence electrons. The molecule has 0 atom stereocenters. The normalized spacial score (nSPS) is 10.4. The number of hydrogen-bond donors (Lipinski definition) is 2. The van der Waals surface area contributed by atoms with Gasteiger partial charge in [0.1, 0.15) is 4.60 Å². The number of amides is 1. The Labute approximate surface area is 134 Å². The summed E-state index contributed by atoms with van der Waals surface area (Å²) >= 11 is 15.2. The number of carbonyl (C=O) groups excluding carboxylic acids is 1. The molecule has 1 aromatic carbocycles. The van der Waals surface area contributed by atoms with Gasteiger partial charge in [0, 0.05) is 5.69 Å². The van der Waals surface area contributed by atoms with Crippen molar-refractivity contribution in [3.63, 3.8) is 0 Å². The van der Waals surface area contributed by atoms with Crippen LogP contribution in [0.1, 0.15) is 15.9 Å². The highest BCUT2D eigenvalue weighted by Gasteiger charge is 2.15. The number of nitrogen functional groups attached to an aromatic ring is 1. The number of benzene rings is 1. The fourth-order valence-corrected chi connectivity index (χ4v) is 2.24. The van der Waals surface area contributed by atoms with Crippen molar-refractivity contribution in [2.75, 3.05) is 11.1 Å². The fraction of sp³-hybridized carbons (Fsp3) is 0.0769. The Morgan fingerprint density at radius 3 is 2.70 bits per heavy atom. The van der Waals surface area contributed by atoms with Crippen LogP contribution >= 0.6 is 39.1 Å². The van der Waals surface area contributed by atoms with Gasteiger partial charge in [-0.2, -0.15) is 0 Å². The molecule has 2 aromatic rings. The zero-order valence-corrected chi connectivity index (χ0v) is 13.5. The standard InChI is InChI=1S/C13H10BrCl2N3O/c1-6-2-8(5-18-12(6)14)19-13(20)9-3-7(17)4-10(15)11(9)16/h2-5H,17H2,1H3,(H,19,20). The Morgan fingerprint density at radius 2 is 2.05 bits per heavy atom. The summed E-state index contributed by atoms with van der Waals surface area (Å²) in [5, 5.41) is 3.11. The molecule has 20 heavy (non-hydrogen) atoms. The third-order valence-corrected chi connectivity index (χ3v) is 4.20. The first-order valence-corrected chi connectivity index (χ1v) is 7.11. The monoisotopic (exact) mass is 373 g/mol. The van der Waals surface area contributed by atoms with Crippen LogP contribution in [0, 0.1) is 6.92 Å². The van der Waals surface area contributed by atoms with Gasteiger partial charge in [-0.15, -0.1) is 0 Å². The first-order valence-electron chi connectivity index (χ1n) is 5.56. The van der Waals surface area contributed by atoms with Crippen LogP contribution in [0.25, 0.3) is 0 Å². The Balaban J connectivity index is 2.30. The molecule has 0 aliphatic rings. The van der Waals surface area contributed by atoms with Crippen molar-refractivity contribution in [2.24, 2.45) is 0 Å². The van der Waals surface area contributed by atoms with E-state index < -0.39 is 5.91 Å². The SMILES string of the molecule is Cc1cc(NC(=O)c2cc(N)cc(Cl)c2Cl)cnc1Br. The number of nitrogens with two attached hydrogens (primary N) is 1. The van der Waals surface area contributed by atoms with E-state index in [-0.39, 0.29) is 15.6 Å². The molecule has 0 fully saturated rings. The van der Waals surface area contributed by atoms with E-state index in [2.05, 4.69) is 26.2 Å². The number of aryl methyl sites for hydroxylation is 1. The quantitative estimate of drug-likeness (QED) is 0.608. The van der Waals surface area contributed by atoms with E-state index in [1.54, 1.807) is 6.07 Å². The highest BCUT2D eigenvalue weighted by Crippen LogP contribution is 2.29. The van der Waals surface area contributed by atoms with Gasteiger partial charge >= 0.3 is 0 Å². The van der Waals surface area contributed by atoms with Crippen LogP contribution < -0.4 is 11.1 Å². The molecule has 4 nitrogen and oxygen atoms in total. The molecule has 2 rings (SSSR count).